The van der Waals surface area contributed by atoms with Crippen LogP contribution in [0.1, 0.15) is 66.2 Å². The number of rotatable bonds is 9. The second-order valence-corrected chi connectivity index (χ2v) is 5.10. The van der Waals surface area contributed by atoms with Crippen LogP contribution in [0.2, 0.25) is 0 Å². The number of unbranched alkanes of at least 4 members (excludes halogenated alkanes) is 4. The average Bonchev–Trinajstić information content (AvgIpc) is 2.38. The smallest absolute Gasteiger partial charge is 0.0755 e. The van der Waals surface area contributed by atoms with Crippen molar-refractivity contribution in [1.82, 2.24) is 0 Å². The van der Waals surface area contributed by atoms with E-state index in [4.69, 9.17) is 0 Å². The molecular formula is C15H33NO2. The first-order valence-corrected chi connectivity index (χ1v) is 7.49. The van der Waals surface area contributed by atoms with Crippen LogP contribution in [0.4, 0.5) is 0 Å². The molecule has 110 valence electrons. The van der Waals surface area contributed by atoms with Crippen LogP contribution < -0.4 is 5.11 Å². The van der Waals surface area contributed by atoms with E-state index in [9.17, 15) is 9.90 Å². The molecule has 0 radical (unpaired) electrons. The fourth-order valence-corrected chi connectivity index (χ4v) is 1.54. The molecule has 0 heterocycles. The molecule has 0 saturated heterocycles. The SMILES string of the molecule is CCCCCCCC(=O)[O-].CC[N+](C)(CC)CC. The van der Waals surface area contributed by atoms with Crippen LogP contribution in [0, 0.1) is 0 Å². The Morgan fingerprint density at radius 2 is 1.33 bits per heavy atom. The van der Waals surface area contributed by atoms with Crippen molar-refractivity contribution in [3.8, 4) is 0 Å². The average molecular weight is 259 g/mol. The predicted molar refractivity (Wildman–Crippen MR) is 76.2 cm³/mol. The van der Waals surface area contributed by atoms with Crippen molar-refractivity contribution in [1.29, 1.82) is 0 Å². The molecule has 3 nitrogen and oxygen atoms in total. The van der Waals surface area contributed by atoms with E-state index < -0.39 is 5.97 Å². The maximum Gasteiger partial charge on any atom is 0.0755 e. The number of aliphatic carboxylic acids is 1. The van der Waals surface area contributed by atoms with Gasteiger partial charge in [0.15, 0.2) is 0 Å². The van der Waals surface area contributed by atoms with E-state index in [-0.39, 0.29) is 6.42 Å². The molecule has 0 aromatic carbocycles. The fraction of sp³-hybridized carbons (Fsp3) is 0.933. The summed E-state index contributed by atoms with van der Waals surface area (Å²) in [6, 6.07) is 0. The summed E-state index contributed by atoms with van der Waals surface area (Å²) in [6.07, 6.45) is 5.61. The first-order valence-electron chi connectivity index (χ1n) is 7.49. The summed E-state index contributed by atoms with van der Waals surface area (Å²) in [7, 11) is 2.29. The lowest BCUT2D eigenvalue weighted by Crippen LogP contribution is -2.42. The van der Waals surface area contributed by atoms with Crippen molar-refractivity contribution in [2.24, 2.45) is 0 Å². The molecule has 0 aromatic heterocycles. The highest BCUT2D eigenvalue weighted by Crippen LogP contribution is 2.03. The quantitative estimate of drug-likeness (QED) is 0.472. The van der Waals surface area contributed by atoms with Gasteiger partial charge in [-0.1, -0.05) is 32.6 Å². The molecule has 3 heteroatoms. The Labute approximate surface area is 114 Å². The Morgan fingerprint density at radius 3 is 1.61 bits per heavy atom. The largest absolute Gasteiger partial charge is 0.550 e. The first-order chi connectivity index (χ1) is 8.45. The molecule has 0 saturated carbocycles. The van der Waals surface area contributed by atoms with Crippen molar-refractivity contribution in [3.63, 3.8) is 0 Å². The van der Waals surface area contributed by atoms with Gasteiger partial charge in [-0.2, -0.15) is 0 Å². The van der Waals surface area contributed by atoms with E-state index in [0.29, 0.717) is 0 Å². The van der Waals surface area contributed by atoms with Gasteiger partial charge in [-0.15, -0.1) is 0 Å². The fourth-order valence-electron chi connectivity index (χ4n) is 1.54. The number of carbonyl (C=O) groups excluding carboxylic acids is 1. The molecule has 0 aliphatic rings. The normalized spacial score (nSPS) is 10.7. The highest BCUT2D eigenvalue weighted by Gasteiger charge is 2.10. The van der Waals surface area contributed by atoms with Gasteiger partial charge in [0.1, 0.15) is 0 Å². The topological polar surface area (TPSA) is 40.1 Å². The Kier molecular flexibility index (Phi) is 14.1. The van der Waals surface area contributed by atoms with E-state index in [0.717, 1.165) is 19.3 Å². The molecule has 0 N–H and O–H groups in total. The summed E-state index contributed by atoms with van der Waals surface area (Å²) < 4.78 is 1.21. The third kappa shape index (κ3) is 13.5. The minimum Gasteiger partial charge on any atom is -0.550 e. The highest BCUT2D eigenvalue weighted by molar-refractivity contribution is 5.63. The molecule has 0 bridgehead atoms. The first kappa shape index (κ1) is 19.8. The van der Waals surface area contributed by atoms with Gasteiger partial charge in [-0.3, -0.25) is 0 Å². The van der Waals surface area contributed by atoms with Gasteiger partial charge in [0.25, 0.3) is 0 Å². The van der Waals surface area contributed by atoms with Gasteiger partial charge in [0.05, 0.1) is 26.7 Å². The summed E-state index contributed by atoms with van der Waals surface area (Å²) in [5.41, 5.74) is 0. The molecule has 0 aliphatic heterocycles. The second kappa shape index (κ2) is 12.9. The van der Waals surface area contributed by atoms with Gasteiger partial charge in [0.2, 0.25) is 0 Å². The number of hydrogen-bond acceptors (Lipinski definition) is 2. The van der Waals surface area contributed by atoms with Crippen LogP contribution in [0.5, 0.6) is 0 Å². The second-order valence-electron chi connectivity index (χ2n) is 5.10. The molecule has 0 aromatic rings. The molecule has 0 unspecified atom stereocenters. The summed E-state index contributed by atoms with van der Waals surface area (Å²) >= 11 is 0. The van der Waals surface area contributed by atoms with Gasteiger partial charge in [-0.05, 0) is 33.6 Å². The van der Waals surface area contributed by atoms with Gasteiger partial charge < -0.3 is 14.4 Å². The zero-order valence-corrected chi connectivity index (χ0v) is 13.1. The Bertz CT molecular complexity index is 181. The summed E-state index contributed by atoms with van der Waals surface area (Å²) in [5, 5.41) is 9.92. The summed E-state index contributed by atoms with van der Waals surface area (Å²) in [6.45, 7) is 12.6. The molecule has 0 rings (SSSR count). The number of quaternary nitrogens is 1. The number of hydrogen-bond donors (Lipinski definition) is 0. The van der Waals surface area contributed by atoms with E-state index in [1.807, 2.05) is 0 Å². The molecule has 0 aliphatic carbocycles. The van der Waals surface area contributed by atoms with Crippen molar-refractivity contribution in [3.05, 3.63) is 0 Å². The van der Waals surface area contributed by atoms with Crippen molar-refractivity contribution in [2.75, 3.05) is 26.7 Å². The van der Waals surface area contributed by atoms with E-state index in [1.54, 1.807) is 0 Å². The minimum absolute atomic E-state index is 0.226. The van der Waals surface area contributed by atoms with Crippen LogP contribution >= 0.6 is 0 Å². The number of nitrogens with zero attached hydrogens (tertiary/aromatic N) is 1. The van der Waals surface area contributed by atoms with Crippen molar-refractivity contribution in [2.45, 2.75) is 66.2 Å². The Balaban J connectivity index is 0. The summed E-state index contributed by atoms with van der Waals surface area (Å²) in [5.74, 6) is -0.920. The molecule has 0 spiro atoms. The van der Waals surface area contributed by atoms with Crippen LogP contribution in [0.3, 0.4) is 0 Å². The lowest BCUT2D eigenvalue weighted by molar-refractivity contribution is -0.904. The minimum atomic E-state index is -0.920. The molecular weight excluding hydrogens is 226 g/mol. The van der Waals surface area contributed by atoms with E-state index in [1.165, 1.54) is 37.0 Å². The van der Waals surface area contributed by atoms with Crippen LogP contribution in [0.25, 0.3) is 0 Å². The molecule has 0 fully saturated rings. The maximum absolute atomic E-state index is 9.92. The van der Waals surface area contributed by atoms with E-state index >= 15 is 0 Å². The van der Waals surface area contributed by atoms with Crippen molar-refractivity contribution < 1.29 is 14.4 Å². The Hall–Kier alpha value is -0.570. The van der Waals surface area contributed by atoms with Crippen molar-refractivity contribution >= 4 is 5.97 Å². The molecule has 0 amide bonds. The van der Waals surface area contributed by atoms with Crippen LogP contribution in [-0.2, 0) is 4.79 Å². The molecule has 0 atom stereocenters. The third-order valence-corrected chi connectivity index (χ3v) is 3.77. The zero-order chi connectivity index (χ0) is 14.4. The zero-order valence-electron chi connectivity index (χ0n) is 13.1. The lowest BCUT2D eigenvalue weighted by atomic mass is 10.1. The highest BCUT2D eigenvalue weighted by atomic mass is 16.4. The lowest BCUT2D eigenvalue weighted by Gasteiger charge is -2.30. The number of carboxylic acids is 1. The standard InChI is InChI=1S/C8H16O2.C7H18N/c1-2-3-4-5-6-7-8(9)10;1-5-8(4,6-2)7-3/h2-7H2,1H3,(H,9,10);5-7H2,1-4H3/q;+1/p-1. The maximum atomic E-state index is 9.92. The third-order valence-electron chi connectivity index (χ3n) is 3.77. The predicted octanol–water partition coefficient (Wildman–Crippen LogP) is 2.59. The van der Waals surface area contributed by atoms with Gasteiger partial charge >= 0.3 is 0 Å². The van der Waals surface area contributed by atoms with Crippen LogP contribution in [0.15, 0.2) is 0 Å². The van der Waals surface area contributed by atoms with Gasteiger partial charge in [-0.25, -0.2) is 0 Å². The monoisotopic (exact) mass is 259 g/mol. The van der Waals surface area contributed by atoms with Gasteiger partial charge in [0, 0.05) is 5.97 Å². The molecule has 18 heavy (non-hydrogen) atoms. The number of carboxylic acid groups (broad SMARTS) is 1. The van der Waals surface area contributed by atoms with E-state index in [2.05, 4.69) is 34.7 Å². The van der Waals surface area contributed by atoms with Crippen LogP contribution in [-0.4, -0.2) is 37.1 Å². The number of carbonyl (C=O) groups is 1. The Morgan fingerprint density at radius 1 is 0.889 bits per heavy atom. The summed E-state index contributed by atoms with van der Waals surface area (Å²) in [4.78, 5) is 9.92.